The molecule has 0 spiro atoms. The lowest BCUT2D eigenvalue weighted by molar-refractivity contribution is 0.0951. The molecule has 0 atom stereocenters. The molecule has 3 aromatic rings. The molecule has 0 radical (unpaired) electrons. The van der Waals surface area contributed by atoms with E-state index in [0.29, 0.717) is 23.7 Å². The van der Waals surface area contributed by atoms with Gasteiger partial charge in [0, 0.05) is 19.2 Å². The van der Waals surface area contributed by atoms with E-state index in [1.807, 2.05) is 19.1 Å². The van der Waals surface area contributed by atoms with Gasteiger partial charge in [0.05, 0.1) is 10.6 Å². The van der Waals surface area contributed by atoms with E-state index in [4.69, 9.17) is 0 Å². The van der Waals surface area contributed by atoms with Gasteiger partial charge in [-0.2, -0.15) is 0 Å². The fourth-order valence-electron chi connectivity index (χ4n) is 3.13. The molecule has 0 aromatic heterocycles. The van der Waals surface area contributed by atoms with Crippen LogP contribution < -0.4 is 9.62 Å². The summed E-state index contributed by atoms with van der Waals surface area (Å²) in [6.45, 7) is 6.62. The molecule has 162 valence electrons. The number of amides is 1. The van der Waals surface area contributed by atoms with Gasteiger partial charge in [0.2, 0.25) is 0 Å². The van der Waals surface area contributed by atoms with Crippen molar-refractivity contribution in [1.29, 1.82) is 0 Å². The number of nitrogens with one attached hydrogen (secondary N) is 1. The van der Waals surface area contributed by atoms with E-state index < -0.39 is 10.0 Å². The lowest BCUT2D eigenvalue weighted by Gasteiger charge is -2.20. The van der Waals surface area contributed by atoms with Crippen LogP contribution in [0, 0.1) is 6.92 Å². The minimum atomic E-state index is -3.67. The normalized spacial score (nSPS) is 11.4. The van der Waals surface area contributed by atoms with Crippen LogP contribution in [0.25, 0.3) is 0 Å². The summed E-state index contributed by atoms with van der Waals surface area (Å²) in [4.78, 5) is 12.7. The second kappa shape index (κ2) is 9.35. The predicted molar refractivity (Wildman–Crippen MR) is 125 cm³/mol. The summed E-state index contributed by atoms with van der Waals surface area (Å²) in [6.07, 6.45) is 0. The van der Waals surface area contributed by atoms with Gasteiger partial charge in [-0.1, -0.05) is 55.8 Å². The fraction of sp³-hybridized carbons (Fsp3) is 0.240. The van der Waals surface area contributed by atoms with Crippen LogP contribution in [0.2, 0.25) is 0 Å². The van der Waals surface area contributed by atoms with E-state index in [0.717, 1.165) is 11.1 Å². The molecular formula is C25H28N2O3S. The summed E-state index contributed by atoms with van der Waals surface area (Å²) in [7, 11) is -2.16. The Hall–Kier alpha value is -3.12. The maximum atomic E-state index is 12.8. The van der Waals surface area contributed by atoms with Crippen LogP contribution >= 0.6 is 0 Å². The number of sulfonamides is 1. The summed E-state index contributed by atoms with van der Waals surface area (Å²) >= 11 is 0. The summed E-state index contributed by atoms with van der Waals surface area (Å²) in [5.41, 5.74) is 4.24. The zero-order valence-corrected chi connectivity index (χ0v) is 19.1. The van der Waals surface area contributed by atoms with Gasteiger partial charge in [-0.3, -0.25) is 9.10 Å². The molecule has 0 saturated heterocycles. The van der Waals surface area contributed by atoms with E-state index >= 15 is 0 Å². The molecule has 0 aliphatic carbocycles. The molecule has 3 aromatic carbocycles. The number of nitrogens with zero attached hydrogens (tertiary/aromatic N) is 1. The number of anilines is 1. The van der Waals surface area contributed by atoms with Crippen LogP contribution in [-0.2, 0) is 16.6 Å². The van der Waals surface area contributed by atoms with Crippen LogP contribution in [0.4, 0.5) is 5.69 Å². The first-order valence-corrected chi connectivity index (χ1v) is 11.6. The molecule has 0 aliphatic rings. The molecule has 0 heterocycles. The van der Waals surface area contributed by atoms with Crippen molar-refractivity contribution in [1.82, 2.24) is 5.32 Å². The third-order valence-electron chi connectivity index (χ3n) is 5.27. The van der Waals surface area contributed by atoms with E-state index in [1.54, 1.807) is 48.5 Å². The summed E-state index contributed by atoms with van der Waals surface area (Å²) in [6, 6.07) is 21.4. The number of benzene rings is 3. The average Bonchev–Trinajstić information content (AvgIpc) is 2.77. The van der Waals surface area contributed by atoms with Crippen LogP contribution in [0.1, 0.15) is 46.8 Å². The number of hydrogen-bond acceptors (Lipinski definition) is 3. The third-order valence-corrected chi connectivity index (χ3v) is 7.07. The van der Waals surface area contributed by atoms with Crippen molar-refractivity contribution >= 4 is 21.6 Å². The first kappa shape index (κ1) is 22.6. The highest BCUT2D eigenvalue weighted by atomic mass is 32.2. The van der Waals surface area contributed by atoms with Crippen molar-refractivity contribution in [2.75, 3.05) is 11.4 Å². The van der Waals surface area contributed by atoms with Crippen molar-refractivity contribution < 1.29 is 13.2 Å². The summed E-state index contributed by atoms with van der Waals surface area (Å²) in [5, 5.41) is 2.90. The Bertz CT molecular complexity index is 1130. The predicted octanol–water partition coefficient (Wildman–Crippen LogP) is 4.87. The van der Waals surface area contributed by atoms with Crippen LogP contribution in [0.3, 0.4) is 0 Å². The lowest BCUT2D eigenvalue weighted by atomic mass is 10.0. The maximum Gasteiger partial charge on any atom is 0.264 e. The maximum absolute atomic E-state index is 12.8. The molecule has 1 amide bonds. The molecule has 5 nitrogen and oxygen atoms in total. The first-order valence-electron chi connectivity index (χ1n) is 10.2. The molecule has 31 heavy (non-hydrogen) atoms. The Labute approximate surface area is 184 Å². The Morgan fingerprint density at radius 3 is 2.03 bits per heavy atom. The molecule has 6 heteroatoms. The summed E-state index contributed by atoms with van der Waals surface area (Å²) in [5.74, 6) is 0.263. The number of hydrogen-bond donors (Lipinski definition) is 1. The van der Waals surface area contributed by atoms with Gasteiger partial charge in [-0.15, -0.1) is 0 Å². The third kappa shape index (κ3) is 5.33. The fourth-order valence-corrected chi connectivity index (χ4v) is 4.33. The van der Waals surface area contributed by atoms with Crippen molar-refractivity contribution in [3.63, 3.8) is 0 Å². The largest absolute Gasteiger partial charge is 0.348 e. The van der Waals surface area contributed by atoms with Crippen molar-refractivity contribution in [2.45, 2.75) is 38.1 Å². The second-order valence-electron chi connectivity index (χ2n) is 7.91. The van der Waals surface area contributed by atoms with Crippen LogP contribution in [0.5, 0.6) is 0 Å². The molecule has 3 rings (SSSR count). The highest BCUT2D eigenvalue weighted by Gasteiger charge is 2.21. The number of rotatable bonds is 7. The van der Waals surface area contributed by atoms with Gasteiger partial charge in [0.15, 0.2) is 0 Å². The van der Waals surface area contributed by atoms with Gasteiger partial charge in [-0.25, -0.2) is 8.42 Å². The smallest absolute Gasteiger partial charge is 0.264 e. The van der Waals surface area contributed by atoms with Gasteiger partial charge >= 0.3 is 0 Å². The molecule has 0 unspecified atom stereocenters. The SMILES string of the molecule is Cc1ccc(S(=O)(=O)N(C)c2ccc(C(=O)NCc3ccc(C(C)C)cc3)cc2)cc1. The second-order valence-corrected chi connectivity index (χ2v) is 9.88. The summed E-state index contributed by atoms with van der Waals surface area (Å²) < 4.78 is 26.9. The van der Waals surface area contributed by atoms with Crippen LogP contribution in [0.15, 0.2) is 77.7 Å². The highest BCUT2D eigenvalue weighted by Crippen LogP contribution is 2.23. The monoisotopic (exact) mass is 436 g/mol. The molecule has 0 bridgehead atoms. The van der Waals surface area contributed by atoms with Crippen LogP contribution in [-0.4, -0.2) is 21.4 Å². The average molecular weight is 437 g/mol. The first-order chi connectivity index (χ1) is 14.7. The Kier molecular flexibility index (Phi) is 6.81. The van der Waals surface area contributed by atoms with E-state index in [-0.39, 0.29) is 10.8 Å². The molecular weight excluding hydrogens is 408 g/mol. The highest BCUT2D eigenvalue weighted by molar-refractivity contribution is 7.92. The van der Waals surface area contributed by atoms with E-state index in [9.17, 15) is 13.2 Å². The van der Waals surface area contributed by atoms with Gasteiger partial charge in [0.1, 0.15) is 0 Å². The topological polar surface area (TPSA) is 66.5 Å². The van der Waals surface area contributed by atoms with E-state index in [1.165, 1.54) is 16.9 Å². The van der Waals surface area contributed by atoms with Gasteiger partial charge in [0.25, 0.3) is 15.9 Å². The van der Waals surface area contributed by atoms with Gasteiger partial charge < -0.3 is 5.32 Å². The standard InChI is InChI=1S/C25H28N2O3S/c1-18(2)21-9-7-20(8-10-21)17-26-25(28)22-11-13-23(14-12-22)27(4)31(29,30)24-15-5-19(3)6-16-24/h5-16,18H,17H2,1-4H3,(H,26,28). The number of carbonyl (C=O) groups excluding carboxylic acids is 1. The minimum absolute atomic E-state index is 0.205. The lowest BCUT2D eigenvalue weighted by Crippen LogP contribution is -2.27. The van der Waals surface area contributed by atoms with Gasteiger partial charge in [-0.05, 0) is 60.4 Å². The zero-order chi connectivity index (χ0) is 22.6. The number of carbonyl (C=O) groups is 1. The van der Waals surface area contributed by atoms with E-state index in [2.05, 4.69) is 31.3 Å². The molecule has 1 N–H and O–H groups in total. The van der Waals surface area contributed by atoms with Crippen molar-refractivity contribution in [3.05, 3.63) is 95.1 Å². The zero-order valence-electron chi connectivity index (χ0n) is 18.3. The Balaban J connectivity index is 1.66. The molecule has 0 aliphatic heterocycles. The molecule has 0 fully saturated rings. The molecule has 0 saturated carbocycles. The Morgan fingerprint density at radius 1 is 0.903 bits per heavy atom. The quantitative estimate of drug-likeness (QED) is 0.574. The Morgan fingerprint density at radius 2 is 1.48 bits per heavy atom. The number of aryl methyl sites for hydroxylation is 1. The minimum Gasteiger partial charge on any atom is -0.348 e. The van der Waals surface area contributed by atoms with Crippen molar-refractivity contribution in [2.24, 2.45) is 0 Å². The van der Waals surface area contributed by atoms with Crippen molar-refractivity contribution in [3.8, 4) is 0 Å².